The fraction of sp³-hybridized carbons (Fsp3) is 1.00. The smallest absolute Gasteiger partial charge is 0.160 e. The highest BCUT2D eigenvalue weighted by Gasteiger charge is 2.35. The molecule has 1 heterocycles. The Morgan fingerprint density at radius 3 is 1.87 bits per heavy atom. The molecule has 0 aromatic rings. The number of rotatable bonds is 5. The zero-order chi connectivity index (χ0) is 16.1. The van der Waals surface area contributed by atoms with Crippen molar-refractivity contribution >= 4 is 0 Å². The van der Waals surface area contributed by atoms with Gasteiger partial charge in [0.25, 0.3) is 0 Å². The fourth-order valence-corrected chi connectivity index (χ4v) is 4.95. The van der Waals surface area contributed by atoms with E-state index in [4.69, 9.17) is 9.47 Å². The number of aliphatic hydroxyl groups excluding tert-OH is 1. The van der Waals surface area contributed by atoms with Gasteiger partial charge in [0.2, 0.25) is 0 Å². The molecule has 3 heteroatoms. The van der Waals surface area contributed by atoms with E-state index in [1.165, 1.54) is 57.8 Å². The summed E-state index contributed by atoms with van der Waals surface area (Å²) in [5.74, 6) is 2.99. The highest BCUT2D eigenvalue weighted by molar-refractivity contribution is 4.83. The number of hydrogen-bond donors (Lipinski definition) is 1. The van der Waals surface area contributed by atoms with Crippen LogP contribution in [0.15, 0.2) is 0 Å². The molecule has 0 aromatic heterocycles. The Morgan fingerprint density at radius 1 is 0.783 bits per heavy atom. The van der Waals surface area contributed by atoms with Crippen molar-refractivity contribution in [1.29, 1.82) is 0 Å². The van der Waals surface area contributed by atoms with Gasteiger partial charge in [-0.1, -0.05) is 19.8 Å². The Labute approximate surface area is 142 Å². The molecule has 0 aromatic carbocycles. The van der Waals surface area contributed by atoms with E-state index in [0.29, 0.717) is 11.8 Å². The first kappa shape index (κ1) is 17.7. The summed E-state index contributed by atoms with van der Waals surface area (Å²) in [5, 5.41) is 9.68. The molecule has 3 fully saturated rings. The Balaban J connectivity index is 1.36. The van der Waals surface area contributed by atoms with Crippen LogP contribution < -0.4 is 0 Å². The van der Waals surface area contributed by atoms with E-state index in [2.05, 4.69) is 6.92 Å². The van der Waals surface area contributed by atoms with Crippen molar-refractivity contribution in [2.24, 2.45) is 23.7 Å². The zero-order valence-electron chi connectivity index (χ0n) is 14.9. The Bertz CT molecular complexity index is 322. The van der Waals surface area contributed by atoms with Crippen LogP contribution in [-0.2, 0) is 9.47 Å². The van der Waals surface area contributed by atoms with Crippen LogP contribution in [0.1, 0.15) is 77.6 Å². The molecule has 3 rings (SSSR count). The lowest BCUT2D eigenvalue weighted by Crippen LogP contribution is -2.39. The van der Waals surface area contributed by atoms with Crippen LogP contribution in [0.5, 0.6) is 0 Å². The maximum absolute atomic E-state index is 9.68. The molecule has 0 bridgehead atoms. The summed E-state index contributed by atoms with van der Waals surface area (Å²) < 4.78 is 12.1. The van der Waals surface area contributed by atoms with Crippen LogP contribution in [0.4, 0.5) is 0 Å². The molecule has 0 atom stereocenters. The lowest BCUT2D eigenvalue weighted by Gasteiger charge is -2.40. The van der Waals surface area contributed by atoms with E-state index in [9.17, 15) is 5.11 Å². The first-order chi connectivity index (χ1) is 11.3. The van der Waals surface area contributed by atoms with Gasteiger partial charge in [-0.25, -0.2) is 0 Å². The number of hydrogen-bond acceptors (Lipinski definition) is 3. The molecule has 1 aliphatic heterocycles. The van der Waals surface area contributed by atoms with E-state index in [-0.39, 0.29) is 12.4 Å². The van der Waals surface area contributed by atoms with Gasteiger partial charge in [0.05, 0.1) is 19.3 Å². The quantitative estimate of drug-likeness (QED) is 0.808. The van der Waals surface area contributed by atoms with Crippen LogP contribution in [0.3, 0.4) is 0 Å². The average molecular weight is 325 g/mol. The minimum atomic E-state index is -0.0210. The van der Waals surface area contributed by atoms with Gasteiger partial charge >= 0.3 is 0 Å². The average Bonchev–Trinajstić information content (AvgIpc) is 2.61. The van der Waals surface area contributed by atoms with E-state index in [0.717, 1.165) is 37.9 Å². The van der Waals surface area contributed by atoms with Crippen LogP contribution in [0.2, 0.25) is 0 Å². The van der Waals surface area contributed by atoms with Gasteiger partial charge in [0, 0.05) is 11.8 Å². The molecule has 1 saturated heterocycles. The highest BCUT2D eigenvalue weighted by atomic mass is 16.7. The van der Waals surface area contributed by atoms with Gasteiger partial charge in [0.15, 0.2) is 6.29 Å². The minimum absolute atomic E-state index is 0.0210. The molecule has 3 aliphatic rings. The van der Waals surface area contributed by atoms with Crippen LogP contribution in [-0.4, -0.2) is 30.7 Å². The Morgan fingerprint density at radius 2 is 1.30 bits per heavy atom. The molecule has 134 valence electrons. The second kappa shape index (κ2) is 8.82. The summed E-state index contributed by atoms with van der Waals surface area (Å²) in [5.41, 5.74) is 0. The van der Waals surface area contributed by atoms with E-state index >= 15 is 0 Å². The number of ether oxygens (including phenoxy) is 2. The third-order valence-electron chi connectivity index (χ3n) is 6.57. The molecule has 2 saturated carbocycles. The Kier molecular flexibility index (Phi) is 6.79. The van der Waals surface area contributed by atoms with Gasteiger partial charge < -0.3 is 14.6 Å². The maximum Gasteiger partial charge on any atom is 0.160 e. The second-order valence-corrected chi connectivity index (χ2v) is 8.29. The lowest BCUT2D eigenvalue weighted by atomic mass is 9.70. The second-order valence-electron chi connectivity index (χ2n) is 8.29. The van der Waals surface area contributed by atoms with E-state index < -0.39 is 0 Å². The molecule has 23 heavy (non-hydrogen) atoms. The SMILES string of the molecule is CCCCC1COC(C2CCC(C3CCC(O)CC3)CC2)OC1. The normalized spacial score (nSPS) is 42.5. The molecule has 0 amide bonds. The standard InChI is InChI=1S/C20H36O3/c1-2-3-4-15-13-22-20(23-14-15)18-7-5-16(6-8-18)17-9-11-19(21)12-10-17/h15-21H,2-14H2,1H3. The summed E-state index contributed by atoms with van der Waals surface area (Å²) in [6.07, 6.45) is 13.6. The van der Waals surface area contributed by atoms with Crippen molar-refractivity contribution in [3.8, 4) is 0 Å². The molecule has 0 radical (unpaired) electrons. The monoisotopic (exact) mass is 324 g/mol. The lowest BCUT2D eigenvalue weighted by molar-refractivity contribution is -0.230. The van der Waals surface area contributed by atoms with Crippen LogP contribution in [0.25, 0.3) is 0 Å². The van der Waals surface area contributed by atoms with E-state index in [1.54, 1.807) is 0 Å². The van der Waals surface area contributed by atoms with Gasteiger partial charge in [-0.2, -0.15) is 0 Å². The van der Waals surface area contributed by atoms with Gasteiger partial charge in [-0.3, -0.25) is 0 Å². The molecule has 2 aliphatic carbocycles. The molecular formula is C20H36O3. The third kappa shape index (κ3) is 4.93. The summed E-state index contributed by atoms with van der Waals surface area (Å²) in [6, 6.07) is 0. The van der Waals surface area contributed by atoms with Crippen molar-refractivity contribution in [1.82, 2.24) is 0 Å². The van der Waals surface area contributed by atoms with Crippen molar-refractivity contribution in [3.05, 3.63) is 0 Å². The topological polar surface area (TPSA) is 38.7 Å². The summed E-state index contributed by atoms with van der Waals surface area (Å²) in [6.45, 7) is 4.06. The molecule has 0 spiro atoms. The van der Waals surface area contributed by atoms with Gasteiger partial charge in [-0.15, -0.1) is 0 Å². The molecule has 1 N–H and O–H groups in total. The summed E-state index contributed by atoms with van der Waals surface area (Å²) >= 11 is 0. The predicted molar refractivity (Wildman–Crippen MR) is 92.1 cm³/mol. The first-order valence-electron chi connectivity index (χ1n) is 10.2. The highest BCUT2D eigenvalue weighted by Crippen LogP contribution is 2.41. The Hall–Kier alpha value is -0.120. The summed E-state index contributed by atoms with van der Waals surface area (Å²) in [4.78, 5) is 0. The number of unbranched alkanes of at least 4 members (excludes halogenated alkanes) is 1. The maximum atomic E-state index is 9.68. The van der Waals surface area contributed by atoms with Crippen molar-refractivity contribution in [3.63, 3.8) is 0 Å². The zero-order valence-corrected chi connectivity index (χ0v) is 14.9. The van der Waals surface area contributed by atoms with E-state index in [1.807, 2.05) is 0 Å². The largest absolute Gasteiger partial charge is 0.393 e. The third-order valence-corrected chi connectivity index (χ3v) is 6.57. The van der Waals surface area contributed by atoms with Crippen LogP contribution in [0, 0.1) is 23.7 Å². The van der Waals surface area contributed by atoms with Gasteiger partial charge in [0.1, 0.15) is 0 Å². The molecule has 3 nitrogen and oxygen atoms in total. The summed E-state index contributed by atoms with van der Waals surface area (Å²) in [7, 11) is 0. The van der Waals surface area contributed by atoms with Gasteiger partial charge in [-0.05, 0) is 69.6 Å². The fourth-order valence-electron chi connectivity index (χ4n) is 4.95. The van der Waals surface area contributed by atoms with Crippen molar-refractivity contribution < 1.29 is 14.6 Å². The molecule has 0 unspecified atom stereocenters. The van der Waals surface area contributed by atoms with Crippen molar-refractivity contribution in [2.75, 3.05) is 13.2 Å². The first-order valence-corrected chi connectivity index (χ1v) is 10.2. The van der Waals surface area contributed by atoms with Crippen LogP contribution >= 0.6 is 0 Å². The predicted octanol–water partition coefficient (Wildman–Crippen LogP) is 4.52. The molecular weight excluding hydrogens is 288 g/mol. The number of aliphatic hydroxyl groups is 1. The van der Waals surface area contributed by atoms with Crippen molar-refractivity contribution in [2.45, 2.75) is 89.9 Å². The minimum Gasteiger partial charge on any atom is -0.393 e.